The van der Waals surface area contributed by atoms with Crippen LogP contribution in [-0.4, -0.2) is 33.3 Å². The van der Waals surface area contributed by atoms with Gasteiger partial charge in [-0.15, -0.1) is 0 Å². The molecule has 1 atom stereocenters. The summed E-state index contributed by atoms with van der Waals surface area (Å²) in [5, 5.41) is 0. The van der Waals surface area contributed by atoms with Crippen molar-refractivity contribution in [3.8, 4) is 0 Å². The van der Waals surface area contributed by atoms with Crippen molar-refractivity contribution in [2.75, 3.05) is 0 Å². The Morgan fingerprint density at radius 3 is 1.74 bits per heavy atom. The van der Waals surface area contributed by atoms with Gasteiger partial charge in [0.1, 0.15) is 0 Å². The summed E-state index contributed by atoms with van der Waals surface area (Å²) in [7, 11) is -0.0775. The Kier molecular flexibility index (Phi) is 8.15. The average Bonchev–Trinajstić information content (AvgIpc) is 2.69. The van der Waals surface area contributed by atoms with Crippen LogP contribution in [0.2, 0.25) is 0 Å². The summed E-state index contributed by atoms with van der Waals surface area (Å²) in [6, 6.07) is 7.75. The molecule has 0 spiro atoms. The third-order valence-electron chi connectivity index (χ3n) is 6.70. The van der Waals surface area contributed by atoms with Gasteiger partial charge in [-0.05, 0) is 76.8 Å². The van der Waals surface area contributed by atoms with Crippen LogP contribution in [0.25, 0.3) is 0 Å². The second-order valence-corrected chi connectivity index (χ2v) is 12.1. The maximum absolute atomic E-state index is 4.95. The largest absolute Gasteiger partial charge is 0.286 e. The maximum Gasteiger partial charge on any atom is 0.0729 e. The van der Waals surface area contributed by atoms with E-state index in [1.165, 1.54) is 69.9 Å². The van der Waals surface area contributed by atoms with E-state index in [-0.39, 0.29) is 7.92 Å². The molecule has 27 heavy (non-hydrogen) atoms. The van der Waals surface area contributed by atoms with E-state index >= 15 is 0 Å². The number of nitrogens with zero attached hydrogens (tertiary/aromatic N) is 2. The van der Waals surface area contributed by atoms with E-state index in [1.807, 2.05) is 6.20 Å². The van der Waals surface area contributed by atoms with Gasteiger partial charge in [0.05, 0.1) is 11.5 Å². The van der Waals surface area contributed by atoms with Crippen molar-refractivity contribution < 1.29 is 0 Å². The predicted molar refractivity (Wildman–Crippen MR) is 120 cm³/mol. The highest BCUT2D eigenvalue weighted by Crippen LogP contribution is 2.65. The molecule has 2 aliphatic carbocycles. The Balaban J connectivity index is 2.02. The normalized spacial score (nSPS) is 21.5. The molecule has 0 saturated heterocycles. The second kappa shape index (κ2) is 10.4. The summed E-state index contributed by atoms with van der Waals surface area (Å²) >= 11 is 0. The van der Waals surface area contributed by atoms with E-state index < -0.39 is 0 Å². The van der Waals surface area contributed by atoms with Gasteiger partial charge in [0, 0.05) is 18.3 Å². The Morgan fingerprint density at radius 2 is 1.33 bits per heavy atom. The van der Waals surface area contributed by atoms with Gasteiger partial charge in [-0.3, -0.25) is 9.88 Å². The minimum Gasteiger partial charge on any atom is -0.286 e. The number of rotatable bonds is 7. The van der Waals surface area contributed by atoms with Crippen LogP contribution in [0.15, 0.2) is 24.4 Å². The smallest absolute Gasteiger partial charge is 0.0729 e. The first kappa shape index (κ1) is 21.3. The van der Waals surface area contributed by atoms with Crippen LogP contribution >= 0.6 is 7.92 Å². The van der Waals surface area contributed by atoms with Crippen molar-refractivity contribution in [3.63, 3.8) is 0 Å². The highest BCUT2D eigenvalue weighted by Gasteiger charge is 2.41. The zero-order chi connectivity index (χ0) is 19.2. The molecule has 1 aromatic heterocycles. The Morgan fingerprint density at radius 1 is 0.815 bits per heavy atom. The summed E-state index contributed by atoms with van der Waals surface area (Å²) in [5.41, 5.74) is 3.25. The van der Waals surface area contributed by atoms with Crippen molar-refractivity contribution in [3.05, 3.63) is 30.1 Å². The standard InChI is InChI=1S/C24H41N2P/c1-19(2)26(20(3)4)24(23-17-11-12-18-25-23)27(21-13-7-5-8-14-21)22-15-9-6-10-16-22/h11-12,17-22,24H,5-10,13-16H2,1-4H3. The molecular weight excluding hydrogens is 347 g/mol. The Labute approximate surface area is 169 Å². The molecule has 0 aromatic carbocycles. The third-order valence-corrected chi connectivity index (χ3v) is 10.5. The van der Waals surface area contributed by atoms with Crippen LogP contribution < -0.4 is 0 Å². The first-order chi connectivity index (χ1) is 13.1. The van der Waals surface area contributed by atoms with Gasteiger partial charge in [0.25, 0.3) is 0 Å². The van der Waals surface area contributed by atoms with Crippen molar-refractivity contribution >= 4 is 7.92 Å². The molecule has 0 bridgehead atoms. The van der Waals surface area contributed by atoms with E-state index in [1.54, 1.807) is 0 Å². The van der Waals surface area contributed by atoms with Gasteiger partial charge in [-0.2, -0.15) is 0 Å². The predicted octanol–water partition coefficient (Wildman–Crippen LogP) is 7.35. The fourth-order valence-electron chi connectivity index (χ4n) is 5.61. The van der Waals surface area contributed by atoms with E-state index in [4.69, 9.17) is 4.98 Å². The summed E-state index contributed by atoms with van der Waals surface area (Å²) < 4.78 is 0. The lowest BCUT2D eigenvalue weighted by molar-refractivity contribution is 0.152. The number of pyridine rings is 1. The SMILES string of the molecule is CC(C)N(C(C)C)C(c1ccccn1)P(C1CCCCC1)C1CCCCC1. The summed E-state index contributed by atoms with van der Waals surface area (Å²) in [4.78, 5) is 7.77. The molecule has 3 rings (SSSR count). The highest BCUT2D eigenvalue weighted by molar-refractivity contribution is 7.59. The van der Waals surface area contributed by atoms with Crippen LogP contribution in [0.4, 0.5) is 0 Å². The number of hydrogen-bond donors (Lipinski definition) is 0. The van der Waals surface area contributed by atoms with Gasteiger partial charge in [-0.1, -0.05) is 52.5 Å². The molecule has 0 amide bonds. The van der Waals surface area contributed by atoms with E-state index in [9.17, 15) is 0 Å². The van der Waals surface area contributed by atoms with Crippen molar-refractivity contribution in [2.45, 2.75) is 121 Å². The minimum atomic E-state index is -0.0775. The lowest BCUT2D eigenvalue weighted by Gasteiger charge is -2.49. The van der Waals surface area contributed by atoms with Gasteiger partial charge >= 0.3 is 0 Å². The van der Waals surface area contributed by atoms with Crippen LogP contribution in [0.3, 0.4) is 0 Å². The molecule has 2 aliphatic rings. The van der Waals surface area contributed by atoms with Crippen LogP contribution in [0.1, 0.15) is 103 Å². The van der Waals surface area contributed by atoms with Gasteiger partial charge in [0.2, 0.25) is 0 Å². The zero-order valence-electron chi connectivity index (χ0n) is 18.1. The number of aromatic nitrogens is 1. The summed E-state index contributed by atoms with van der Waals surface area (Å²) in [6.07, 6.45) is 16.6. The van der Waals surface area contributed by atoms with E-state index in [2.05, 4.69) is 50.8 Å². The van der Waals surface area contributed by atoms with Crippen molar-refractivity contribution in [2.24, 2.45) is 0 Å². The minimum absolute atomic E-state index is 0.0775. The lowest BCUT2D eigenvalue weighted by Crippen LogP contribution is -2.42. The molecule has 3 heteroatoms. The topological polar surface area (TPSA) is 16.1 Å². The maximum atomic E-state index is 4.95. The number of hydrogen-bond acceptors (Lipinski definition) is 2. The fraction of sp³-hybridized carbons (Fsp3) is 0.792. The molecule has 0 aliphatic heterocycles. The van der Waals surface area contributed by atoms with Gasteiger partial charge in [0.15, 0.2) is 0 Å². The monoisotopic (exact) mass is 388 g/mol. The molecule has 1 unspecified atom stereocenters. The third kappa shape index (κ3) is 5.33. The molecule has 152 valence electrons. The lowest BCUT2D eigenvalue weighted by atomic mass is 9.99. The molecule has 1 heterocycles. The highest BCUT2D eigenvalue weighted by atomic mass is 31.1. The summed E-state index contributed by atoms with van der Waals surface area (Å²) in [5.74, 6) is 0.535. The quantitative estimate of drug-likeness (QED) is 0.454. The molecule has 2 fully saturated rings. The zero-order valence-corrected chi connectivity index (χ0v) is 19.0. The first-order valence-corrected chi connectivity index (χ1v) is 13.1. The van der Waals surface area contributed by atoms with E-state index in [0.29, 0.717) is 17.9 Å². The van der Waals surface area contributed by atoms with Gasteiger partial charge < -0.3 is 0 Å². The fourth-order valence-corrected chi connectivity index (χ4v) is 10.2. The van der Waals surface area contributed by atoms with Gasteiger partial charge in [-0.25, -0.2) is 0 Å². The van der Waals surface area contributed by atoms with Crippen LogP contribution in [-0.2, 0) is 0 Å². The average molecular weight is 389 g/mol. The Hall–Kier alpha value is -0.460. The molecule has 2 saturated carbocycles. The molecular formula is C24H41N2P. The first-order valence-electron chi connectivity index (χ1n) is 11.6. The van der Waals surface area contributed by atoms with Crippen molar-refractivity contribution in [1.29, 1.82) is 0 Å². The molecule has 0 radical (unpaired) electrons. The Bertz CT molecular complexity index is 507. The van der Waals surface area contributed by atoms with Crippen molar-refractivity contribution in [1.82, 2.24) is 9.88 Å². The van der Waals surface area contributed by atoms with Crippen LogP contribution in [0.5, 0.6) is 0 Å². The second-order valence-electron chi connectivity index (χ2n) is 9.29. The van der Waals surface area contributed by atoms with E-state index in [0.717, 1.165) is 11.3 Å². The van der Waals surface area contributed by atoms with Crippen LogP contribution in [0, 0.1) is 0 Å². The molecule has 1 aromatic rings. The molecule has 2 nitrogen and oxygen atoms in total. The molecule has 0 N–H and O–H groups in total. The summed E-state index contributed by atoms with van der Waals surface area (Å²) in [6.45, 7) is 9.58.